The minimum Gasteiger partial charge on any atom is -0.467 e. The first-order chi connectivity index (χ1) is 9.11. The Balaban J connectivity index is 2.26. The molecule has 4 nitrogen and oxygen atoms in total. The van der Waals surface area contributed by atoms with E-state index < -0.39 is 6.04 Å². The van der Waals surface area contributed by atoms with Crippen LogP contribution in [0.1, 0.15) is 22.2 Å². The van der Waals surface area contributed by atoms with Crippen LogP contribution in [0.15, 0.2) is 30.3 Å². The Bertz CT molecular complexity index is 547. The van der Waals surface area contributed by atoms with Crippen molar-refractivity contribution in [1.29, 1.82) is 0 Å². The summed E-state index contributed by atoms with van der Waals surface area (Å²) in [6.07, 6.45) is 0. The van der Waals surface area contributed by atoms with Crippen molar-refractivity contribution in [1.82, 2.24) is 4.98 Å². The molecule has 1 unspecified atom stereocenters. The van der Waals surface area contributed by atoms with Crippen molar-refractivity contribution in [2.45, 2.75) is 19.9 Å². The molecular formula is C14H16N2O2S. The number of ether oxygens (including phenoxy) is 1. The van der Waals surface area contributed by atoms with Gasteiger partial charge in [-0.15, -0.1) is 11.3 Å². The topological polar surface area (TPSA) is 51.2 Å². The van der Waals surface area contributed by atoms with Gasteiger partial charge in [-0.05, 0) is 19.4 Å². The van der Waals surface area contributed by atoms with Crippen LogP contribution in [0.25, 0.3) is 0 Å². The molecule has 0 saturated heterocycles. The number of rotatable bonds is 4. The average molecular weight is 276 g/mol. The van der Waals surface area contributed by atoms with Crippen molar-refractivity contribution < 1.29 is 9.53 Å². The van der Waals surface area contributed by atoms with Crippen LogP contribution in [-0.4, -0.2) is 18.1 Å². The maximum atomic E-state index is 11.9. The second kappa shape index (κ2) is 5.84. The zero-order valence-corrected chi connectivity index (χ0v) is 12.0. The number of anilines is 1. The maximum Gasteiger partial charge on any atom is 0.333 e. The van der Waals surface area contributed by atoms with Crippen molar-refractivity contribution >= 4 is 22.4 Å². The molecule has 1 aromatic carbocycles. The van der Waals surface area contributed by atoms with Gasteiger partial charge in [0, 0.05) is 4.88 Å². The summed E-state index contributed by atoms with van der Waals surface area (Å²) in [4.78, 5) is 17.4. The number of benzene rings is 1. The smallest absolute Gasteiger partial charge is 0.333 e. The third-order valence-electron chi connectivity index (χ3n) is 2.87. The molecule has 0 bridgehead atoms. The van der Waals surface area contributed by atoms with Crippen molar-refractivity contribution in [2.75, 3.05) is 12.4 Å². The zero-order chi connectivity index (χ0) is 13.8. The highest BCUT2D eigenvalue weighted by Gasteiger charge is 2.22. The van der Waals surface area contributed by atoms with E-state index in [1.54, 1.807) is 0 Å². The molecule has 5 heteroatoms. The highest BCUT2D eigenvalue weighted by Crippen LogP contribution is 2.26. The van der Waals surface area contributed by atoms with Gasteiger partial charge in [-0.1, -0.05) is 30.3 Å². The highest BCUT2D eigenvalue weighted by atomic mass is 32.1. The van der Waals surface area contributed by atoms with Crippen LogP contribution in [0.2, 0.25) is 0 Å². The number of aryl methyl sites for hydroxylation is 2. The molecule has 0 spiro atoms. The molecule has 0 aliphatic heterocycles. The fourth-order valence-electron chi connectivity index (χ4n) is 1.70. The number of carbonyl (C=O) groups excluding carboxylic acids is 1. The van der Waals surface area contributed by atoms with E-state index in [1.807, 2.05) is 44.2 Å². The van der Waals surface area contributed by atoms with Gasteiger partial charge in [0.15, 0.2) is 11.2 Å². The van der Waals surface area contributed by atoms with E-state index in [-0.39, 0.29) is 5.97 Å². The number of esters is 1. The quantitative estimate of drug-likeness (QED) is 0.872. The summed E-state index contributed by atoms with van der Waals surface area (Å²) in [7, 11) is 1.39. The molecule has 0 fully saturated rings. The van der Waals surface area contributed by atoms with Crippen LogP contribution in [0, 0.1) is 13.8 Å². The molecule has 1 aromatic heterocycles. The van der Waals surface area contributed by atoms with Crippen LogP contribution >= 0.6 is 11.3 Å². The zero-order valence-electron chi connectivity index (χ0n) is 11.1. The molecule has 1 atom stereocenters. The molecule has 1 N–H and O–H groups in total. The molecule has 2 aromatic rings. The third-order valence-corrected chi connectivity index (χ3v) is 3.87. The van der Waals surface area contributed by atoms with E-state index in [9.17, 15) is 4.79 Å². The van der Waals surface area contributed by atoms with E-state index in [0.29, 0.717) is 0 Å². The van der Waals surface area contributed by atoms with Crippen LogP contribution in [0.5, 0.6) is 0 Å². The van der Waals surface area contributed by atoms with Gasteiger partial charge in [0.1, 0.15) is 0 Å². The second-order valence-corrected chi connectivity index (χ2v) is 5.38. The van der Waals surface area contributed by atoms with Crippen LogP contribution in [0.3, 0.4) is 0 Å². The Kier molecular flexibility index (Phi) is 4.16. The molecule has 0 aliphatic carbocycles. The van der Waals surface area contributed by atoms with Gasteiger partial charge in [-0.3, -0.25) is 0 Å². The molecular weight excluding hydrogens is 260 g/mol. The average Bonchev–Trinajstić information content (AvgIpc) is 2.75. The van der Waals surface area contributed by atoms with Gasteiger partial charge < -0.3 is 10.1 Å². The van der Waals surface area contributed by atoms with Gasteiger partial charge in [0.2, 0.25) is 0 Å². The monoisotopic (exact) mass is 276 g/mol. The second-order valence-electron chi connectivity index (χ2n) is 4.17. The lowest BCUT2D eigenvalue weighted by Crippen LogP contribution is -2.22. The summed E-state index contributed by atoms with van der Waals surface area (Å²) in [5, 5.41) is 3.87. The van der Waals surface area contributed by atoms with Crippen molar-refractivity contribution in [2.24, 2.45) is 0 Å². The van der Waals surface area contributed by atoms with Crippen molar-refractivity contribution in [3.05, 3.63) is 46.5 Å². The lowest BCUT2D eigenvalue weighted by molar-refractivity contribution is -0.141. The predicted molar refractivity (Wildman–Crippen MR) is 76.4 cm³/mol. The van der Waals surface area contributed by atoms with E-state index in [1.165, 1.54) is 18.4 Å². The molecule has 1 heterocycles. The first kappa shape index (κ1) is 13.5. The van der Waals surface area contributed by atoms with Gasteiger partial charge in [0.25, 0.3) is 0 Å². The predicted octanol–water partition coefficient (Wildman–Crippen LogP) is 3.09. The number of methoxy groups -OCH3 is 1. The number of nitrogens with one attached hydrogen (secondary N) is 1. The Morgan fingerprint density at radius 3 is 2.53 bits per heavy atom. The van der Waals surface area contributed by atoms with E-state index in [2.05, 4.69) is 10.3 Å². The molecule has 0 radical (unpaired) electrons. The first-order valence-electron chi connectivity index (χ1n) is 5.95. The van der Waals surface area contributed by atoms with Crippen molar-refractivity contribution in [3.63, 3.8) is 0 Å². The maximum absolute atomic E-state index is 11.9. The van der Waals surface area contributed by atoms with Crippen molar-refractivity contribution in [3.8, 4) is 0 Å². The number of hydrogen-bond acceptors (Lipinski definition) is 5. The summed E-state index contributed by atoms with van der Waals surface area (Å²) >= 11 is 1.54. The Morgan fingerprint density at radius 1 is 1.32 bits per heavy atom. The fourth-order valence-corrected chi connectivity index (χ4v) is 2.54. The Labute approximate surface area is 116 Å². The third kappa shape index (κ3) is 3.12. The molecule has 0 saturated carbocycles. The molecule has 19 heavy (non-hydrogen) atoms. The van der Waals surface area contributed by atoms with Crippen LogP contribution in [0.4, 0.5) is 5.13 Å². The largest absolute Gasteiger partial charge is 0.467 e. The normalized spacial score (nSPS) is 11.9. The minimum atomic E-state index is -0.531. The van der Waals surface area contributed by atoms with E-state index in [4.69, 9.17) is 4.74 Å². The van der Waals surface area contributed by atoms with Crippen LogP contribution < -0.4 is 5.32 Å². The van der Waals surface area contributed by atoms with E-state index in [0.717, 1.165) is 21.3 Å². The van der Waals surface area contributed by atoms with Gasteiger partial charge in [0.05, 0.1) is 12.8 Å². The lowest BCUT2D eigenvalue weighted by atomic mass is 10.1. The van der Waals surface area contributed by atoms with Crippen LogP contribution in [-0.2, 0) is 9.53 Å². The lowest BCUT2D eigenvalue weighted by Gasteiger charge is -2.15. The highest BCUT2D eigenvalue weighted by molar-refractivity contribution is 7.15. The van der Waals surface area contributed by atoms with Gasteiger partial charge >= 0.3 is 5.97 Å². The number of thiazole rings is 1. The minimum absolute atomic E-state index is 0.322. The number of hydrogen-bond donors (Lipinski definition) is 1. The van der Waals surface area contributed by atoms with Gasteiger partial charge in [-0.25, -0.2) is 9.78 Å². The number of carbonyl (C=O) groups is 1. The SMILES string of the molecule is COC(=O)C(Nc1nc(C)c(C)s1)c1ccccc1. The number of nitrogens with zero attached hydrogens (tertiary/aromatic N) is 1. The summed E-state index contributed by atoms with van der Waals surface area (Å²) < 4.78 is 4.85. The Morgan fingerprint density at radius 2 is 2.00 bits per heavy atom. The van der Waals surface area contributed by atoms with E-state index >= 15 is 0 Å². The summed E-state index contributed by atoms with van der Waals surface area (Å²) in [6, 6.07) is 8.95. The standard InChI is InChI=1S/C14H16N2O2S/c1-9-10(2)19-14(15-9)16-12(13(17)18-3)11-7-5-4-6-8-11/h4-8,12H,1-3H3,(H,15,16). The molecule has 2 rings (SSSR count). The molecule has 0 aliphatic rings. The number of aromatic nitrogens is 1. The summed E-state index contributed by atoms with van der Waals surface area (Å²) in [6.45, 7) is 3.96. The summed E-state index contributed by atoms with van der Waals surface area (Å²) in [5.41, 5.74) is 1.84. The van der Waals surface area contributed by atoms with Gasteiger partial charge in [-0.2, -0.15) is 0 Å². The fraction of sp³-hybridized carbons (Fsp3) is 0.286. The molecule has 0 amide bonds. The first-order valence-corrected chi connectivity index (χ1v) is 6.77. The summed E-state index contributed by atoms with van der Waals surface area (Å²) in [5.74, 6) is -0.322. The Hall–Kier alpha value is -1.88. The molecule has 100 valence electrons.